The van der Waals surface area contributed by atoms with Crippen LogP contribution in [0.2, 0.25) is 0 Å². The van der Waals surface area contributed by atoms with Gasteiger partial charge in [-0.25, -0.2) is 14.4 Å². The summed E-state index contributed by atoms with van der Waals surface area (Å²) in [5.41, 5.74) is 10.8. The number of hydrogen-bond donors (Lipinski definition) is 3. The fourth-order valence-electron chi connectivity index (χ4n) is 9.68. The summed E-state index contributed by atoms with van der Waals surface area (Å²) in [6, 6.07) is 17.3. The minimum Gasteiger partial charge on any atom is -0.507 e. The molecule has 2 aromatic heterocycles. The lowest BCUT2D eigenvalue weighted by Crippen LogP contribution is -2.54. The first kappa shape index (κ1) is 35.3. The molecule has 0 radical (unpaired) electrons. The molecule has 4 aromatic rings. The lowest BCUT2D eigenvalue weighted by atomic mass is 9.83. The topological polar surface area (TPSA) is 157 Å². The van der Waals surface area contributed by atoms with Crippen molar-refractivity contribution in [2.24, 2.45) is 0 Å². The largest absolute Gasteiger partial charge is 0.507 e. The fraction of sp³-hybridized carbons (Fsp3) is 0.463. The summed E-state index contributed by atoms with van der Waals surface area (Å²) in [7, 11) is 0. The highest BCUT2D eigenvalue weighted by molar-refractivity contribution is 6.01. The summed E-state index contributed by atoms with van der Waals surface area (Å²) in [4.78, 5) is 43.3. The monoisotopic (exact) mass is 746 g/mol. The molecule has 2 aromatic carbocycles. The number of nitrogens with one attached hydrogen (secondary N) is 1. The Kier molecular flexibility index (Phi) is 9.45. The molecule has 3 atom stereocenters. The van der Waals surface area contributed by atoms with Gasteiger partial charge in [-0.05, 0) is 86.9 Å². The number of piperazine rings is 2. The quantitative estimate of drug-likeness (QED) is 0.227. The second-order valence-corrected chi connectivity index (χ2v) is 15.7. The number of benzene rings is 2. The highest BCUT2D eigenvalue weighted by Crippen LogP contribution is 2.40. The molecule has 5 fully saturated rings. The third-order valence-electron chi connectivity index (χ3n) is 12.6. The highest BCUT2D eigenvalue weighted by Gasteiger charge is 2.42. The van der Waals surface area contributed by atoms with Crippen molar-refractivity contribution in [1.29, 1.82) is 0 Å². The van der Waals surface area contributed by atoms with E-state index in [0.29, 0.717) is 46.7 Å². The van der Waals surface area contributed by atoms with Crippen LogP contribution >= 0.6 is 0 Å². The summed E-state index contributed by atoms with van der Waals surface area (Å²) in [6.45, 7) is 4.82. The first-order chi connectivity index (χ1) is 26.8. The second kappa shape index (κ2) is 14.7. The zero-order valence-corrected chi connectivity index (χ0v) is 30.9. The molecular formula is C41H47FN10O3. The van der Waals surface area contributed by atoms with Crippen molar-refractivity contribution in [2.75, 3.05) is 59.7 Å². The van der Waals surface area contributed by atoms with Crippen LogP contribution in [-0.2, 0) is 9.59 Å². The molecule has 286 valence electrons. The van der Waals surface area contributed by atoms with E-state index in [0.717, 1.165) is 95.1 Å². The van der Waals surface area contributed by atoms with E-state index in [1.807, 2.05) is 30.5 Å². The van der Waals surface area contributed by atoms with E-state index in [2.05, 4.69) is 41.2 Å². The standard InChI is InChI=1S/C41H47FN10O3/c42-32-21-26(30-12-14-38(54)46-40(30)55)7-13-35(32)50-19-17-49(18-20-50)27-8-5-25(6-9-27)33-15-16-44-41(45-33)52-28-10-11-29(52)24-51(23-28)36-22-34(47-48-39(36)43)31-3-1-2-4-37(31)53/h1-4,7,13,15-16,21-22,25,27-30,53H,5-6,8-12,14,17-20,23-24H2,(H2,43,48)(H,46,54,55)/t25?,27?,28-,29+,30?. The molecule has 0 spiro atoms. The van der Waals surface area contributed by atoms with Crippen LogP contribution in [0.1, 0.15) is 74.5 Å². The molecule has 2 bridgehead atoms. The Morgan fingerprint density at radius 2 is 1.55 bits per heavy atom. The molecule has 1 unspecified atom stereocenters. The van der Waals surface area contributed by atoms with Gasteiger partial charge in [-0.15, -0.1) is 10.2 Å². The number of anilines is 4. The minimum atomic E-state index is -0.489. The summed E-state index contributed by atoms with van der Waals surface area (Å²) in [6.07, 6.45) is 9.08. The van der Waals surface area contributed by atoms with Crippen molar-refractivity contribution < 1.29 is 19.1 Å². The molecular weight excluding hydrogens is 700 g/mol. The Morgan fingerprint density at radius 3 is 2.27 bits per heavy atom. The zero-order valence-electron chi connectivity index (χ0n) is 30.9. The number of rotatable bonds is 7. The van der Waals surface area contributed by atoms with Crippen molar-refractivity contribution >= 4 is 35.0 Å². The number of nitrogens with two attached hydrogens (primary N) is 1. The molecule has 13 nitrogen and oxygen atoms in total. The molecule has 55 heavy (non-hydrogen) atoms. The van der Waals surface area contributed by atoms with E-state index in [1.165, 1.54) is 6.07 Å². The average Bonchev–Trinajstić information content (AvgIpc) is 3.47. The zero-order chi connectivity index (χ0) is 37.6. The normalized spacial score (nSPS) is 26.0. The number of phenols is 1. The van der Waals surface area contributed by atoms with E-state index in [9.17, 15) is 14.7 Å². The Hall–Kier alpha value is -5.37. The SMILES string of the molecule is Nc1nnc(-c2ccccc2O)cc1N1C[C@H]2CC[C@@H](C1)N2c1nccc(C2CCC(N3CCN(c4ccc(C5CCC(=O)NC5=O)cc4F)CC3)CC2)n1. The van der Waals surface area contributed by atoms with Gasteiger partial charge in [0.25, 0.3) is 0 Å². The summed E-state index contributed by atoms with van der Waals surface area (Å²) >= 11 is 0. The Balaban J connectivity index is 0.796. The first-order valence-corrected chi connectivity index (χ1v) is 19.7. The smallest absolute Gasteiger partial charge is 0.234 e. The van der Waals surface area contributed by atoms with E-state index >= 15 is 4.39 Å². The van der Waals surface area contributed by atoms with Crippen LogP contribution < -0.4 is 25.8 Å². The van der Waals surface area contributed by atoms with Crippen molar-refractivity contribution in [2.45, 2.75) is 81.3 Å². The van der Waals surface area contributed by atoms with Gasteiger partial charge >= 0.3 is 0 Å². The molecule has 1 aliphatic carbocycles. The minimum absolute atomic E-state index is 0.160. The molecule has 14 heteroatoms. The van der Waals surface area contributed by atoms with Crippen LogP contribution in [0, 0.1) is 5.82 Å². The van der Waals surface area contributed by atoms with Gasteiger partial charge in [0.15, 0.2) is 5.82 Å². The van der Waals surface area contributed by atoms with Gasteiger partial charge < -0.3 is 25.5 Å². The van der Waals surface area contributed by atoms with Gasteiger partial charge in [0.1, 0.15) is 11.6 Å². The molecule has 6 heterocycles. The molecule has 4 aliphatic heterocycles. The number of para-hydroxylation sites is 1. The average molecular weight is 747 g/mol. The van der Waals surface area contributed by atoms with E-state index < -0.39 is 5.92 Å². The summed E-state index contributed by atoms with van der Waals surface area (Å²) < 4.78 is 15.3. The van der Waals surface area contributed by atoms with Crippen LogP contribution in [0.4, 0.5) is 27.5 Å². The van der Waals surface area contributed by atoms with Gasteiger partial charge in [0.05, 0.1) is 23.0 Å². The number of imide groups is 1. The van der Waals surface area contributed by atoms with Crippen LogP contribution in [0.15, 0.2) is 60.8 Å². The van der Waals surface area contributed by atoms with E-state index in [1.54, 1.807) is 18.2 Å². The molecule has 2 amide bonds. The molecule has 5 aliphatic rings. The van der Waals surface area contributed by atoms with E-state index in [4.69, 9.17) is 15.7 Å². The van der Waals surface area contributed by atoms with Gasteiger partial charge in [0.2, 0.25) is 17.8 Å². The fourth-order valence-corrected chi connectivity index (χ4v) is 9.68. The number of aromatic hydroxyl groups is 1. The predicted molar refractivity (Wildman–Crippen MR) is 207 cm³/mol. The molecule has 1 saturated carbocycles. The third-order valence-corrected chi connectivity index (χ3v) is 12.6. The second-order valence-electron chi connectivity index (χ2n) is 15.7. The maximum absolute atomic E-state index is 15.3. The lowest BCUT2D eigenvalue weighted by Gasteiger charge is -2.43. The van der Waals surface area contributed by atoms with Gasteiger partial charge in [-0.1, -0.05) is 18.2 Å². The number of hydrogen-bond acceptors (Lipinski definition) is 12. The Bertz CT molecular complexity index is 2070. The van der Waals surface area contributed by atoms with Crippen molar-refractivity contribution in [3.63, 3.8) is 0 Å². The number of carbonyl (C=O) groups excluding carboxylic acids is 2. The van der Waals surface area contributed by atoms with Crippen LogP contribution in [0.5, 0.6) is 5.75 Å². The van der Waals surface area contributed by atoms with Crippen LogP contribution in [-0.4, -0.2) is 99.4 Å². The number of nitrogen functional groups attached to an aromatic ring is 1. The number of phenolic OH excluding ortho intramolecular Hbond substituents is 1. The van der Waals surface area contributed by atoms with Crippen LogP contribution in [0.3, 0.4) is 0 Å². The maximum atomic E-state index is 15.3. The number of aromatic nitrogens is 4. The molecule has 9 rings (SSSR count). The number of nitrogens with zero attached hydrogens (tertiary/aromatic N) is 8. The third kappa shape index (κ3) is 6.92. The number of piperidine rings is 1. The van der Waals surface area contributed by atoms with E-state index in [-0.39, 0.29) is 41.9 Å². The number of amides is 2. The number of fused-ring (bicyclic) bond motifs is 2. The van der Waals surface area contributed by atoms with Crippen molar-refractivity contribution in [3.8, 4) is 17.0 Å². The molecule has 4 saturated heterocycles. The lowest BCUT2D eigenvalue weighted by molar-refractivity contribution is -0.134. The van der Waals surface area contributed by atoms with Gasteiger partial charge in [0, 0.05) is 87.2 Å². The maximum Gasteiger partial charge on any atom is 0.234 e. The van der Waals surface area contributed by atoms with Gasteiger partial charge in [-0.3, -0.25) is 19.8 Å². The Labute approximate surface area is 319 Å². The van der Waals surface area contributed by atoms with Crippen molar-refractivity contribution in [1.82, 2.24) is 30.4 Å². The van der Waals surface area contributed by atoms with Gasteiger partial charge in [-0.2, -0.15) is 0 Å². The predicted octanol–water partition coefficient (Wildman–Crippen LogP) is 4.59. The first-order valence-electron chi connectivity index (χ1n) is 19.7. The summed E-state index contributed by atoms with van der Waals surface area (Å²) in [5, 5.41) is 21.3. The Morgan fingerprint density at radius 1 is 0.800 bits per heavy atom. The summed E-state index contributed by atoms with van der Waals surface area (Å²) in [5.74, 6) is 0.337. The number of carbonyl (C=O) groups is 2. The molecule has 4 N–H and O–H groups in total. The number of halogens is 1. The highest BCUT2D eigenvalue weighted by atomic mass is 19.1. The van der Waals surface area contributed by atoms with Crippen molar-refractivity contribution in [3.05, 3.63) is 77.9 Å². The van der Waals surface area contributed by atoms with Crippen LogP contribution in [0.25, 0.3) is 11.3 Å².